The van der Waals surface area contributed by atoms with Gasteiger partial charge < -0.3 is 4.74 Å². The lowest BCUT2D eigenvalue weighted by molar-refractivity contribution is -0.136. The lowest BCUT2D eigenvalue weighted by atomic mass is 9.83. The van der Waals surface area contributed by atoms with Crippen molar-refractivity contribution in [3.05, 3.63) is 0 Å². The standard InChI is InChI=1S/C11H22N2O2/c1-8(2)10(11(14)13-12)15-7-6-9-4-3-5-9/h8-10H,3-7,12H2,1-2H3,(H,13,14). The molecular weight excluding hydrogens is 192 g/mol. The lowest BCUT2D eigenvalue weighted by Gasteiger charge is -2.26. The number of rotatable bonds is 6. The number of carbonyl (C=O) groups excluding carboxylic acids is 1. The van der Waals surface area contributed by atoms with Gasteiger partial charge in [0.05, 0.1) is 0 Å². The number of hydrogen-bond acceptors (Lipinski definition) is 3. The number of hydrogen-bond donors (Lipinski definition) is 2. The Morgan fingerprint density at radius 3 is 2.60 bits per heavy atom. The van der Waals surface area contributed by atoms with Crippen molar-refractivity contribution in [1.29, 1.82) is 0 Å². The van der Waals surface area contributed by atoms with Gasteiger partial charge >= 0.3 is 0 Å². The van der Waals surface area contributed by atoms with Crippen molar-refractivity contribution in [3.8, 4) is 0 Å². The highest BCUT2D eigenvalue weighted by Gasteiger charge is 2.23. The molecule has 0 aromatic carbocycles. The van der Waals surface area contributed by atoms with Gasteiger partial charge in [0, 0.05) is 6.61 Å². The Labute approximate surface area is 91.5 Å². The van der Waals surface area contributed by atoms with Gasteiger partial charge in [0.15, 0.2) is 0 Å². The molecule has 4 heteroatoms. The van der Waals surface area contributed by atoms with E-state index in [-0.39, 0.29) is 11.8 Å². The molecule has 0 aliphatic heterocycles. The molecule has 1 fully saturated rings. The first kappa shape index (κ1) is 12.5. The number of amides is 1. The summed E-state index contributed by atoms with van der Waals surface area (Å²) < 4.78 is 5.57. The van der Waals surface area contributed by atoms with Crippen molar-refractivity contribution >= 4 is 5.91 Å². The van der Waals surface area contributed by atoms with Crippen molar-refractivity contribution in [3.63, 3.8) is 0 Å². The third-order valence-corrected chi connectivity index (χ3v) is 3.05. The van der Waals surface area contributed by atoms with Crippen LogP contribution in [0.5, 0.6) is 0 Å². The van der Waals surface area contributed by atoms with Crippen LogP contribution >= 0.6 is 0 Å². The van der Waals surface area contributed by atoms with Crippen LogP contribution in [-0.2, 0) is 9.53 Å². The third kappa shape index (κ3) is 3.80. The summed E-state index contributed by atoms with van der Waals surface area (Å²) in [6.45, 7) is 4.59. The maximum atomic E-state index is 11.4. The van der Waals surface area contributed by atoms with Crippen LogP contribution in [0.1, 0.15) is 39.5 Å². The first-order valence-corrected chi connectivity index (χ1v) is 5.77. The monoisotopic (exact) mass is 214 g/mol. The maximum absolute atomic E-state index is 11.4. The van der Waals surface area contributed by atoms with Gasteiger partial charge in [-0.25, -0.2) is 5.84 Å². The fourth-order valence-electron chi connectivity index (χ4n) is 1.80. The van der Waals surface area contributed by atoms with E-state index >= 15 is 0 Å². The van der Waals surface area contributed by atoms with E-state index in [9.17, 15) is 4.79 Å². The second kappa shape index (κ2) is 6.08. The molecule has 1 atom stereocenters. The second-order valence-corrected chi connectivity index (χ2v) is 4.63. The van der Waals surface area contributed by atoms with Gasteiger partial charge in [-0.1, -0.05) is 33.1 Å². The van der Waals surface area contributed by atoms with Gasteiger partial charge in [-0.05, 0) is 18.3 Å². The van der Waals surface area contributed by atoms with Crippen LogP contribution in [0.25, 0.3) is 0 Å². The smallest absolute Gasteiger partial charge is 0.263 e. The number of nitrogens with two attached hydrogens (primary N) is 1. The minimum Gasteiger partial charge on any atom is -0.368 e. The minimum absolute atomic E-state index is 0.162. The lowest BCUT2D eigenvalue weighted by Crippen LogP contribution is -2.43. The minimum atomic E-state index is -0.407. The summed E-state index contributed by atoms with van der Waals surface area (Å²) in [7, 11) is 0. The largest absolute Gasteiger partial charge is 0.368 e. The Balaban J connectivity index is 2.21. The van der Waals surface area contributed by atoms with Crippen molar-refractivity contribution in [2.45, 2.75) is 45.6 Å². The van der Waals surface area contributed by atoms with E-state index in [1.54, 1.807) is 0 Å². The number of nitrogens with one attached hydrogen (secondary N) is 1. The molecule has 88 valence electrons. The van der Waals surface area contributed by atoms with Crippen LogP contribution in [-0.4, -0.2) is 18.6 Å². The zero-order valence-corrected chi connectivity index (χ0v) is 9.66. The van der Waals surface area contributed by atoms with Crippen LogP contribution in [0.2, 0.25) is 0 Å². The quantitative estimate of drug-likeness (QED) is 0.397. The highest BCUT2D eigenvalue weighted by atomic mass is 16.5. The van der Waals surface area contributed by atoms with E-state index in [4.69, 9.17) is 10.6 Å². The van der Waals surface area contributed by atoms with Gasteiger partial charge in [0.1, 0.15) is 6.10 Å². The molecule has 0 bridgehead atoms. The summed E-state index contributed by atoms with van der Waals surface area (Å²) in [6, 6.07) is 0. The molecule has 0 spiro atoms. The SMILES string of the molecule is CC(C)C(OCCC1CCC1)C(=O)NN. The maximum Gasteiger partial charge on any atom is 0.263 e. The van der Waals surface area contributed by atoms with Crippen molar-refractivity contribution in [2.24, 2.45) is 17.7 Å². The predicted molar refractivity (Wildman–Crippen MR) is 58.9 cm³/mol. The highest BCUT2D eigenvalue weighted by molar-refractivity contribution is 5.80. The topological polar surface area (TPSA) is 64.3 Å². The Kier molecular flexibility index (Phi) is 5.05. The van der Waals surface area contributed by atoms with E-state index in [2.05, 4.69) is 5.43 Å². The first-order valence-electron chi connectivity index (χ1n) is 5.77. The molecule has 0 aromatic heterocycles. The van der Waals surface area contributed by atoms with E-state index in [0.29, 0.717) is 6.61 Å². The Hall–Kier alpha value is -0.610. The Morgan fingerprint density at radius 2 is 2.20 bits per heavy atom. The fraction of sp³-hybridized carbons (Fsp3) is 0.909. The Bertz CT molecular complexity index is 203. The van der Waals surface area contributed by atoms with Crippen LogP contribution in [0.15, 0.2) is 0 Å². The van der Waals surface area contributed by atoms with Crippen molar-refractivity contribution in [2.75, 3.05) is 6.61 Å². The number of carbonyl (C=O) groups is 1. The van der Waals surface area contributed by atoms with Crippen molar-refractivity contribution < 1.29 is 9.53 Å². The van der Waals surface area contributed by atoms with Crippen LogP contribution in [0.3, 0.4) is 0 Å². The van der Waals surface area contributed by atoms with E-state index in [1.807, 2.05) is 13.8 Å². The molecule has 0 aromatic rings. The van der Waals surface area contributed by atoms with Gasteiger partial charge in [-0.2, -0.15) is 0 Å². The van der Waals surface area contributed by atoms with Gasteiger partial charge in [-0.3, -0.25) is 10.2 Å². The summed E-state index contributed by atoms with van der Waals surface area (Å²) in [5.41, 5.74) is 2.15. The average molecular weight is 214 g/mol. The van der Waals surface area contributed by atoms with Crippen LogP contribution in [0, 0.1) is 11.8 Å². The molecule has 1 aliphatic carbocycles. The normalized spacial score (nSPS) is 18.7. The molecule has 4 nitrogen and oxygen atoms in total. The molecule has 1 aliphatic rings. The van der Waals surface area contributed by atoms with E-state index in [0.717, 1.165) is 12.3 Å². The van der Waals surface area contributed by atoms with E-state index < -0.39 is 6.10 Å². The van der Waals surface area contributed by atoms with Gasteiger partial charge in [0.2, 0.25) is 0 Å². The summed E-state index contributed by atoms with van der Waals surface area (Å²) >= 11 is 0. The third-order valence-electron chi connectivity index (χ3n) is 3.05. The molecule has 1 saturated carbocycles. The van der Waals surface area contributed by atoms with Crippen molar-refractivity contribution in [1.82, 2.24) is 5.43 Å². The van der Waals surface area contributed by atoms with Crippen LogP contribution < -0.4 is 11.3 Å². The predicted octanol–water partition coefficient (Wildman–Crippen LogP) is 1.21. The molecular formula is C11H22N2O2. The summed E-state index contributed by atoms with van der Waals surface area (Å²) in [5, 5.41) is 0. The Morgan fingerprint density at radius 1 is 1.53 bits per heavy atom. The van der Waals surface area contributed by atoms with Gasteiger partial charge in [-0.15, -0.1) is 0 Å². The van der Waals surface area contributed by atoms with E-state index in [1.165, 1.54) is 19.3 Å². The van der Waals surface area contributed by atoms with Crippen LogP contribution in [0.4, 0.5) is 0 Å². The molecule has 3 N–H and O–H groups in total. The zero-order valence-electron chi connectivity index (χ0n) is 9.66. The average Bonchev–Trinajstić information content (AvgIpc) is 2.13. The second-order valence-electron chi connectivity index (χ2n) is 4.63. The molecule has 0 saturated heterocycles. The molecule has 1 rings (SSSR count). The van der Waals surface area contributed by atoms with Gasteiger partial charge in [0.25, 0.3) is 5.91 Å². The highest BCUT2D eigenvalue weighted by Crippen LogP contribution is 2.29. The molecule has 15 heavy (non-hydrogen) atoms. The summed E-state index contributed by atoms with van der Waals surface area (Å²) in [6.07, 6.45) is 4.65. The molecule has 0 heterocycles. The fourth-order valence-corrected chi connectivity index (χ4v) is 1.80. The summed E-state index contributed by atoms with van der Waals surface area (Å²) in [4.78, 5) is 11.4. The number of hydrazine groups is 1. The molecule has 1 amide bonds. The molecule has 0 radical (unpaired) electrons. The first-order chi connectivity index (χ1) is 7.15. The zero-order chi connectivity index (χ0) is 11.3. The number of ether oxygens (including phenoxy) is 1. The molecule has 1 unspecified atom stereocenters. The summed E-state index contributed by atoms with van der Waals surface area (Å²) in [5.74, 6) is 5.86.